The summed E-state index contributed by atoms with van der Waals surface area (Å²) in [7, 11) is 0. The number of amides is 2. The van der Waals surface area contributed by atoms with Gasteiger partial charge >= 0.3 is 0 Å². The average molecular weight is 293 g/mol. The number of hydrogen-bond donors (Lipinski definition) is 2. The third kappa shape index (κ3) is 3.86. The van der Waals surface area contributed by atoms with Crippen molar-refractivity contribution in [1.29, 1.82) is 0 Å². The fraction of sp³-hybridized carbons (Fsp3) is 0.154. The predicted octanol–water partition coefficient (Wildman–Crippen LogP) is 1.49. The van der Waals surface area contributed by atoms with Crippen LogP contribution in [0.2, 0.25) is 0 Å². The van der Waals surface area contributed by atoms with Crippen LogP contribution in [0.1, 0.15) is 11.3 Å². The number of nitrogens with two attached hydrogens (primary N) is 1. The molecule has 2 rings (SSSR count). The van der Waals surface area contributed by atoms with Crippen LogP contribution in [-0.2, 0) is 22.4 Å². The first kappa shape index (κ1) is 14.1. The zero-order valence-electron chi connectivity index (χ0n) is 10.4. The quantitative estimate of drug-likeness (QED) is 0.876. The van der Waals surface area contributed by atoms with Gasteiger partial charge in [0, 0.05) is 5.38 Å². The second-order valence-electron chi connectivity index (χ2n) is 4.10. The highest BCUT2D eigenvalue weighted by molar-refractivity contribution is 7.13. The van der Waals surface area contributed by atoms with Crippen LogP contribution in [0.3, 0.4) is 0 Å². The summed E-state index contributed by atoms with van der Waals surface area (Å²) in [6.45, 7) is 0. The number of rotatable bonds is 5. The third-order valence-corrected chi connectivity index (χ3v) is 3.27. The lowest BCUT2D eigenvalue weighted by Gasteiger charge is -2.03. The minimum Gasteiger partial charge on any atom is -0.369 e. The van der Waals surface area contributed by atoms with Crippen LogP contribution in [0.4, 0.5) is 9.52 Å². The first-order valence-electron chi connectivity index (χ1n) is 5.80. The molecule has 7 heteroatoms. The Morgan fingerprint density at radius 1 is 1.30 bits per heavy atom. The van der Waals surface area contributed by atoms with Gasteiger partial charge in [0.2, 0.25) is 11.8 Å². The van der Waals surface area contributed by atoms with Gasteiger partial charge in [0.1, 0.15) is 5.82 Å². The van der Waals surface area contributed by atoms with E-state index in [9.17, 15) is 14.0 Å². The standard InChI is InChI=1S/C13H12FN3O2S/c14-10-4-2-1-3-8(10)5-12(19)17-13-16-9(7-20-13)6-11(15)18/h1-4,7H,5-6H2,(H2,15,18)(H,16,17,19). The SMILES string of the molecule is NC(=O)Cc1csc(NC(=O)Cc2ccccc2F)n1. The summed E-state index contributed by atoms with van der Waals surface area (Å²) in [5, 5.41) is 4.57. The molecule has 0 saturated heterocycles. The molecule has 0 saturated carbocycles. The molecule has 0 fully saturated rings. The molecule has 20 heavy (non-hydrogen) atoms. The van der Waals surface area contributed by atoms with Crippen LogP contribution in [0.15, 0.2) is 29.6 Å². The first-order chi connectivity index (χ1) is 9.54. The van der Waals surface area contributed by atoms with Crippen molar-refractivity contribution in [2.24, 2.45) is 5.73 Å². The van der Waals surface area contributed by atoms with Gasteiger partial charge in [-0.3, -0.25) is 9.59 Å². The Hall–Kier alpha value is -2.28. The van der Waals surface area contributed by atoms with E-state index in [1.165, 1.54) is 17.4 Å². The summed E-state index contributed by atoms with van der Waals surface area (Å²) < 4.78 is 13.4. The average Bonchev–Trinajstić information content (AvgIpc) is 2.78. The van der Waals surface area contributed by atoms with Crippen molar-refractivity contribution in [2.45, 2.75) is 12.8 Å². The molecule has 1 aromatic carbocycles. The molecule has 104 valence electrons. The molecule has 1 aromatic heterocycles. The molecule has 0 bridgehead atoms. The van der Waals surface area contributed by atoms with Crippen LogP contribution >= 0.6 is 11.3 Å². The number of nitrogens with zero attached hydrogens (tertiary/aromatic N) is 1. The molecule has 1 heterocycles. The minimum atomic E-state index is -0.487. The Kier molecular flexibility index (Phi) is 4.41. The molecule has 3 N–H and O–H groups in total. The highest BCUT2D eigenvalue weighted by Crippen LogP contribution is 2.16. The number of benzene rings is 1. The molecule has 0 radical (unpaired) electrons. The van der Waals surface area contributed by atoms with E-state index >= 15 is 0 Å². The number of aromatic nitrogens is 1. The largest absolute Gasteiger partial charge is 0.369 e. The number of primary amides is 1. The molecule has 0 aliphatic rings. The van der Waals surface area contributed by atoms with Gasteiger partial charge in [0.15, 0.2) is 5.13 Å². The van der Waals surface area contributed by atoms with Crippen molar-refractivity contribution < 1.29 is 14.0 Å². The maximum atomic E-state index is 13.4. The Labute approximate surface area is 118 Å². The van der Waals surface area contributed by atoms with Crippen LogP contribution in [-0.4, -0.2) is 16.8 Å². The molecule has 0 atom stereocenters. The van der Waals surface area contributed by atoms with Crippen LogP contribution in [0, 0.1) is 5.82 Å². The topological polar surface area (TPSA) is 85.1 Å². The maximum absolute atomic E-state index is 13.4. The van der Waals surface area contributed by atoms with Crippen LogP contribution in [0.5, 0.6) is 0 Å². The summed E-state index contributed by atoms with van der Waals surface area (Å²) in [4.78, 5) is 26.5. The second kappa shape index (κ2) is 6.25. The molecule has 0 unspecified atom stereocenters. The molecule has 0 aliphatic heterocycles. The lowest BCUT2D eigenvalue weighted by Crippen LogP contribution is -2.16. The normalized spacial score (nSPS) is 10.2. The van der Waals surface area contributed by atoms with Crippen LogP contribution < -0.4 is 11.1 Å². The van der Waals surface area contributed by atoms with Crippen molar-refractivity contribution in [3.8, 4) is 0 Å². The van der Waals surface area contributed by atoms with Gasteiger partial charge in [-0.2, -0.15) is 0 Å². The summed E-state index contributed by atoms with van der Waals surface area (Å²) in [5.74, 6) is -1.27. The molecule has 5 nitrogen and oxygen atoms in total. The lowest BCUT2D eigenvalue weighted by molar-refractivity contribution is -0.117. The van der Waals surface area contributed by atoms with Gasteiger partial charge in [-0.1, -0.05) is 18.2 Å². The molecule has 2 amide bonds. The smallest absolute Gasteiger partial charge is 0.230 e. The van der Waals surface area contributed by atoms with Gasteiger partial charge in [0.25, 0.3) is 0 Å². The number of carbonyl (C=O) groups excluding carboxylic acids is 2. The summed E-state index contributed by atoms with van der Waals surface area (Å²) in [6.07, 6.45) is -0.0446. The number of anilines is 1. The Bertz CT molecular complexity index is 642. The minimum absolute atomic E-state index is 0.0275. The van der Waals surface area contributed by atoms with E-state index in [0.29, 0.717) is 16.4 Å². The zero-order chi connectivity index (χ0) is 14.5. The maximum Gasteiger partial charge on any atom is 0.230 e. The van der Waals surface area contributed by atoms with E-state index < -0.39 is 11.7 Å². The number of nitrogens with one attached hydrogen (secondary N) is 1. The summed E-state index contributed by atoms with van der Waals surface area (Å²) in [5.41, 5.74) is 5.87. The third-order valence-electron chi connectivity index (χ3n) is 2.46. The summed E-state index contributed by atoms with van der Waals surface area (Å²) >= 11 is 1.19. The molecule has 0 spiro atoms. The van der Waals surface area contributed by atoms with E-state index in [4.69, 9.17) is 5.73 Å². The molecule has 2 aromatic rings. The predicted molar refractivity (Wildman–Crippen MR) is 73.7 cm³/mol. The van der Waals surface area contributed by atoms with Gasteiger partial charge in [-0.25, -0.2) is 9.37 Å². The van der Waals surface area contributed by atoms with E-state index in [1.54, 1.807) is 23.6 Å². The highest BCUT2D eigenvalue weighted by Gasteiger charge is 2.10. The van der Waals surface area contributed by atoms with Crippen molar-refractivity contribution in [3.63, 3.8) is 0 Å². The number of thiazole rings is 1. The lowest BCUT2D eigenvalue weighted by atomic mass is 10.1. The zero-order valence-corrected chi connectivity index (χ0v) is 11.2. The fourth-order valence-electron chi connectivity index (χ4n) is 1.60. The van der Waals surface area contributed by atoms with Gasteiger partial charge in [0.05, 0.1) is 18.5 Å². The van der Waals surface area contributed by atoms with E-state index in [1.807, 2.05) is 0 Å². The van der Waals surface area contributed by atoms with E-state index in [-0.39, 0.29) is 18.7 Å². The Morgan fingerprint density at radius 3 is 2.75 bits per heavy atom. The van der Waals surface area contributed by atoms with E-state index in [2.05, 4.69) is 10.3 Å². The van der Waals surface area contributed by atoms with Gasteiger partial charge in [-0.05, 0) is 11.6 Å². The van der Waals surface area contributed by atoms with Crippen molar-refractivity contribution in [3.05, 3.63) is 46.7 Å². The van der Waals surface area contributed by atoms with Gasteiger partial charge < -0.3 is 11.1 Å². The summed E-state index contributed by atoms with van der Waals surface area (Å²) in [6, 6.07) is 6.08. The number of hydrogen-bond acceptors (Lipinski definition) is 4. The Balaban J connectivity index is 1.96. The van der Waals surface area contributed by atoms with Crippen LogP contribution in [0.25, 0.3) is 0 Å². The Morgan fingerprint density at radius 2 is 2.05 bits per heavy atom. The van der Waals surface area contributed by atoms with Crippen molar-refractivity contribution >= 4 is 28.3 Å². The second-order valence-corrected chi connectivity index (χ2v) is 4.96. The molecule has 0 aliphatic carbocycles. The highest BCUT2D eigenvalue weighted by atomic mass is 32.1. The number of halogens is 1. The van der Waals surface area contributed by atoms with Crippen molar-refractivity contribution in [2.75, 3.05) is 5.32 Å². The van der Waals surface area contributed by atoms with E-state index in [0.717, 1.165) is 0 Å². The van der Waals surface area contributed by atoms with Gasteiger partial charge in [-0.15, -0.1) is 11.3 Å². The molecular weight excluding hydrogens is 281 g/mol. The van der Waals surface area contributed by atoms with Crippen molar-refractivity contribution in [1.82, 2.24) is 4.98 Å². The fourth-order valence-corrected chi connectivity index (χ4v) is 2.33. The molecular formula is C13H12FN3O2S. The monoisotopic (exact) mass is 293 g/mol. The first-order valence-corrected chi connectivity index (χ1v) is 6.68. The number of carbonyl (C=O) groups is 2.